The maximum atomic E-state index is 12.6. The first kappa shape index (κ1) is 16.1. The molecule has 7 heteroatoms. The van der Waals surface area contributed by atoms with Crippen LogP contribution in [-0.2, 0) is 11.3 Å². The summed E-state index contributed by atoms with van der Waals surface area (Å²) in [5, 5.41) is 7.35. The third kappa shape index (κ3) is 3.66. The number of carbonyl (C=O) groups is 1. The standard InChI is InChI=1S/C18H23N5O2/c24-17(22-11-12-25-18(14-22)6-1-2-7-18)20-16-5-10-23(21-16)13-15-3-8-19-9-4-15/h3-5,8-10H,1-2,6-7,11-14H2,(H,20,21,24). The van der Waals surface area contributed by atoms with Gasteiger partial charge in [0.2, 0.25) is 0 Å². The monoisotopic (exact) mass is 341 g/mol. The first-order valence-electron chi connectivity index (χ1n) is 8.85. The molecule has 0 atom stereocenters. The second-order valence-corrected chi connectivity index (χ2v) is 6.84. The van der Waals surface area contributed by atoms with Crippen molar-refractivity contribution >= 4 is 11.8 Å². The maximum Gasteiger partial charge on any atom is 0.323 e. The number of hydrogen-bond acceptors (Lipinski definition) is 4. The van der Waals surface area contributed by atoms with Gasteiger partial charge in [0.25, 0.3) is 0 Å². The zero-order valence-electron chi connectivity index (χ0n) is 14.2. The van der Waals surface area contributed by atoms with E-state index in [1.165, 1.54) is 12.8 Å². The molecule has 2 aromatic heterocycles. The third-order valence-corrected chi connectivity index (χ3v) is 5.02. The van der Waals surface area contributed by atoms with Crippen molar-refractivity contribution in [1.82, 2.24) is 19.7 Å². The minimum atomic E-state index is -0.115. The zero-order valence-corrected chi connectivity index (χ0v) is 14.2. The van der Waals surface area contributed by atoms with Crippen molar-refractivity contribution in [1.29, 1.82) is 0 Å². The van der Waals surface area contributed by atoms with Gasteiger partial charge in [-0.25, -0.2) is 4.79 Å². The Morgan fingerprint density at radius 2 is 2.04 bits per heavy atom. The molecule has 1 spiro atoms. The molecule has 2 aliphatic rings. The van der Waals surface area contributed by atoms with E-state index < -0.39 is 0 Å². The van der Waals surface area contributed by atoms with Crippen LogP contribution in [-0.4, -0.2) is 51.0 Å². The number of urea groups is 1. The lowest BCUT2D eigenvalue weighted by atomic mass is 10.00. The van der Waals surface area contributed by atoms with Gasteiger partial charge in [0.15, 0.2) is 5.82 Å². The van der Waals surface area contributed by atoms with Crippen molar-refractivity contribution in [2.24, 2.45) is 0 Å². The maximum absolute atomic E-state index is 12.6. The Balaban J connectivity index is 1.36. The number of aromatic nitrogens is 3. The molecule has 0 radical (unpaired) electrons. The predicted octanol–water partition coefficient (Wildman–Crippen LogP) is 2.50. The van der Waals surface area contributed by atoms with Crippen LogP contribution in [0, 0.1) is 0 Å². The molecule has 1 aliphatic heterocycles. The Hall–Kier alpha value is -2.41. The predicted molar refractivity (Wildman–Crippen MR) is 93.3 cm³/mol. The van der Waals surface area contributed by atoms with Crippen LogP contribution in [0.2, 0.25) is 0 Å². The molecule has 25 heavy (non-hydrogen) atoms. The van der Waals surface area contributed by atoms with Crippen LogP contribution in [0.3, 0.4) is 0 Å². The summed E-state index contributed by atoms with van der Waals surface area (Å²) in [5.74, 6) is 0.575. The van der Waals surface area contributed by atoms with Gasteiger partial charge in [0, 0.05) is 31.2 Å². The highest BCUT2D eigenvalue weighted by molar-refractivity contribution is 5.88. The number of morpholine rings is 1. The normalized spacial score (nSPS) is 19.3. The molecule has 2 amide bonds. The molecule has 1 aliphatic carbocycles. The van der Waals surface area contributed by atoms with Gasteiger partial charge in [-0.1, -0.05) is 12.8 Å². The second kappa shape index (κ2) is 6.84. The fourth-order valence-corrected chi connectivity index (χ4v) is 3.72. The largest absolute Gasteiger partial charge is 0.371 e. The summed E-state index contributed by atoms with van der Waals surface area (Å²) in [6, 6.07) is 5.64. The molecular formula is C18H23N5O2. The Bertz CT molecular complexity index is 724. The van der Waals surface area contributed by atoms with Gasteiger partial charge in [0.05, 0.1) is 25.3 Å². The molecule has 3 heterocycles. The number of pyridine rings is 1. The lowest BCUT2D eigenvalue weighted by molar-refractivity contribution is -0.0914. The molecule has 1 saturated heterocycles. The summed E-state index contributed by atoms with van der Waals surface area (Å²) >= 11 is 0. The summed E-state index contributed by atoms with van der Waals surface area (Å²) in [5.41, 5.74) is 1.00. The summed E-state index contributed by atoms with van der Waals surface area (Å²) in [7, 11) is 0. The van der Waals surface area contributed by atoms with Crippen molar-refractivity contribution < 1.29 is 9.53 Å². The molecule has 2 fully saturated rings. The number of hydrogen-bond donors (Lipinski definition) is 1. The quantitative estimate of drug-likeness (QED) is 0.931. The van der Waals surface area contributed by atoms with Crippen molar-refractivity contribution in [3.05, 3.63) is 42.4 Å². The fourth-order valence-electron chi connectivity index (χ4n) is 3.72. The number of nitrogens with zero attached hydrogens (tertiary/aromatic N) is 4. The van der Waals surface area contributed by atoms with Crippen LogP contribution < -0.4 is 5.32 Å². The van der Waals surface area contributed by atoms with E-state index >= 15 is 0 Å². The number of anilines is 1. The Kier molecular flexibility index (Phi) is 4.40. The minimum Gasteiger partial charge on any atom is -0.371 e. The van der Waals surface area contributed by atoms with Crippen molar-refractivity contribution in [3.63, 3.8) is 0 Å². The highest BCUT2D eigenvalue weighted by Gasteiger charge is 2.40. The topological polar surface area (TPSA) is 72.3 Å². The number of rotatable bonds is 3. The summed E-state index contributed by atoms with van der Waals surface area (Å²) in [6.45, 7) is 2.57. The SMILES string of the molecule is O=C(Nc1ccn(Cc2ccncc2)n1)N1CCOC2(CCCC2)C1. The van der Waals surface area contributed by atoms with Crippen LogP contribution in [0.25, 0.3) is 0 Å². The lowest BCUT2D eigenvalue weighted by Crippen LogP contribution is -2.53. The van der Waals surface area contributed by atoms with E-state index in [0.717, 1.165) is 18.4 Å². The van der Waals surface area contributed by atoms with Gasteiger partial charge in [-0.15, -0.1) is 0 Å². The zero-order chi connectivity index (χ0) is 17.1. The molecular weight excluding hydrogens is 318 g/mol. The Labute approximate surface area is 147 Å². The van der Waals surface area contributed by atoms with Crippen LogP contribution in [0.4, 0.5) is 10.6 Å². The molecule has 7 nitrogen and oxygen atoms in total. The number of carbonyl (C=O) groups excluding carboxylic acids is 1. The van der Waals surface area contributed by atoms with E-state index in [-0.39, 0.29) is 11.6 Å². The van der Waals surface area contributed by atoms with Gasteiger partial charge in [-0.2, -0.15) is 5.10 Å². The number of ether oxygens (including phenoxy) is 1. The Morgan fingerprint density at radius 3 is 2.84 bits per heavy atom. The van der Waals surface area contributed by atoms with E-state index in [4.69, 9.17) is 4.74 Å². The van der Waals surface area contributed by atoms with E-state index in [1.54, 1.807) is 12.4 Å². The molecule has 1 N–H and O–H groups in total. The van der Waals surface area contributed by atoms with Crippen molar-refractivity contribution in [2.75, 3.05) is 25.0 Å². The smallest absolute Gasteiger partial charge is 0.323 e. The molecule has 2 aromatic rings. The fraction of sp³-hybridized carbons (Fsp3) is 0.500. The van der Waals surface area contributed by atoms with Gasteiger partial charge >= 0.3 is 6.03 Å². The molecule has 0 bridgehead atoms. The highest BCUT2D eigenvalue weighted by atomic mass is 16.5. The van der Waals surface area contributed by atoms with Crippen molar-refractivity contribution in [2.45, 2.75) is 37.8 Å². The van der Waals surface area contributed by atoms with E-state index in [2.05, 4.69) is 15.4 Å². The molecule has 0 aromatic carbocycles. The minimum absolute atomic E-state index is 0.0938. The third-order valence-electron chi connectivity index (χ3n) is 5.02. The summed E-state index contributed by atoms with van der Waals surface area (Å²) < 4.78 is 7.79. The number of nitrogens with one attached hydrogen (secondary N) is 1. The van der Waals surface area contributed by atoms with E-state index in [1.807, 2.05) is 34.0 Å². The van der Waals surface area contributed by atoms with Crippen LogP contribution in [0.5, 0.6) is 0 Å². The first-order valence-corrected chi connectivity index (χ1v) is 8.85. The van der Waals surface area contributed by atoms with Gasteiger partial charge < -0.3 is 9.64 Å². The summed E-state index contributed by atoms with van der Waals surface area (Å²) in [6.07, 6.45) is 9.88. The first-order chi connectivity index (χ1) is 12.2. The second-order valence-electron chi connectivity index (χ2n) is 6.84. The highest BCUT2D eigenvalue weighted by Crippen LogP contribution is 2.35. The summed E-state index contributed by atoms with van der Waals surface area (Å²) in [4.78, 5) is 18.4. The number of amides is 2. The van der Waals surface area contributed by atoms with Crippen molar-refractivity contribution in [3.8, 4) is 0 Å². The van der Waals surface area contributed by atoms with Gasteiger partial charge in [-0.05, 0) is 30.5 Å². The van der Waals surface area contributed by atoms with Crippen LogP contribution in [0.15, 0.2) is 36.8 Å². The Morgan fingerprint density at radius 1 is 1.24 bits per heavy atom. The van der Waals surface area contributed by atoms with E-state index in [0.29, 0.717) is 32.1 Å². The van der Waals surface area contributed by atoms with Gasteiger partial charge in [-0.3, -0.25) is 15.0 Å². The molecule has 0 unspecified atom stereocenters. The van der Waals surface area contributed by atoms with E-state index in [9.17, 15) is 4.79 Å². The molecule has 1 saturated carbocycles. The average Bonchev–Trinajstić information content (AvgIpc) is 3.26. The van der Waals surface area contributed by atoms with Gasteiger partial charge in [0.1, 0.15) is 0 Å². The lowest BCUT2D eigenvalue weighted by Gasteiger charge is -2.40. The average molecular weight is 341 g/mol. The van der Waals surface area contributed by atoms with Crippen LogP contribution >= 0.6 is 0 Å². The molecule has 132 valence electrons. The van der Waals surface area contributed by atoms with Crippen LogP contribution in [0.1, 0.15) is 31.2 Å². The molecule has 4 rings (SSSR count).